The van der Waals surface area contributed by atoms with Crippen LogP contribution in [-0.2, 0) is 0 Å². The molecular formula is C45H26N4OS. The zero-order valence-corrected chi connectivity index (χ0v) is 27.9. The van der Waals surface area contributed by atoms with Gasteiger partial charge >= 0.3 is 0 Å². The summed E-state index contributed by atoms with van der Waals surface area (Å²) in [5, 5.41) is 7.01. The van der Waals surface area contributed by atoms with Crippen molar-refractivity contribution in [2.45, 2.75) is 0 Å². The number of aromatic nitrogens is 4. The summed E-state index contributed by atoms with van der Waals surface area (Å²) in [5.74, 6) is 1.96. The van der Waals surface area contributed by atoms with E-state index >= 15 is 0 Å². The molecule has 0 saturated carbocycles. The van der Waals surface area contributed by atoms with Crippen molar-refractivity contribution in [2.24, 2.45) is 0 Å². The predicted octanol–water partition coefficient (Wildman–Crippen LogP) is 12.2. The zero-order valence-electron chi connectivity index (χ0n) is 27.1. The maximum Gasteiger partial charge on any atom is 0.165 e. The van der Waals surface area contributed by atoms with Crippen molar-refractivity contribution >= 4 is 75.3 Å². The Balaban J connectivity index is 1.11. The van der Waals surface area contributed by atoms with Crippen LogP contribution in [0.2, 0.25) is 0 Å². The molecule has 0 unspecified atom stereocenters. The Hall–Kier alpha value is -6.63. The number of rotatable bonds is 4. The molecule has 0 N–H and O–H groups in total. The van der Waals surface area contributed by atoms with Crippen LogP contribution in [0.15, 0.2) is 162 Å². The van der Waals surface area contributed by atoms with Crippen molar-refractivity contribution in [3.8, 4) is 39.9 Å². The topological polar surface area (TPSA) is 56.7 Å². The van der Waals surface area contributed by atoms with Crippen molar-refractivity contribution in [3.63, 3.8) is 0 Å². The molecule has 0 spiro atoms. The van der Waals surface area contributed by atoms with Gasteiger partial charge in [0.05, 0.1) is 11.0 Å². The lowest BCUT2D eigenvalue weighted by Gasteiger charge is -2.09. The van der Waals surface area contributed by atoms with Gasteiger partial charge in [0.15, 0.2) is 17.5 Å². The van der Waals surface area contributed by atoms with Gasteiger partial charge in [0.25, 0.3) is 0 Å². The molecule has 6 heteroatoms. The van der Waals surface area contributed by atoms with Crippen LogP contribution in [0.5, 0.6) is 0 Å². The van der Waals surface area contributed by atoms with E-state index in [4.69, 9.17) is 19.4 Å². The number of hydrogen-bond acceptors (Lipinski definition) is 5. The molecule has 0 aliphatic heterocycles. The summed E-state index contributed by atoms with van der Waals surface area (Å²) in [4.78, 5) is 15.0. The molecule has 0 aliphatic carbocycles. The molecule has 5 nitrogen and oxygen atoms in total. The summed E-state index contributed by atoms with van der Waals surface area (Å²) >= 11 is 1.77. The molecule has 0 bridgehead atoms. The number of furan rings is 1. The molecule has 4 aromatic heterocycles. The van der Waals surface area contributed by atoms with Gasteiger partial charge in [0.1, 0.15) is 11.2 Å². The van der Waals surface area contributed by atoms with Crippen LogP contribution in [-0.4, -0.2) is 19.5 Å². The third-order valence-corrected chi connectivity index (χ3v) is 11.1. The Labute approximate surface area is 295 Å². The van der Waals surface area contributed by atoms with Gasteiger partial charge < -0.3 is 8.98 Å². The first kappa shape index (κ1) is 28.2. The van der Waals surface area contributed by atoms with E-state index in [0.717, 1.165) is 59.8 Å². The molecule has 7 aromatic carbocycles. The smallest absolute Gasteiger partial charge is 0.165 e. The largest absolute Gasteiger partial charge is 0.456 e. The van der Waals surface area contributed by atoms with Crippen LogP contribution >= 0.6 is 11.3 Å². The molecule has 0 aliphatic rings. The molecule has 0 radical (unpaired) electrons. The molecule has 51 heavy (non-hydrogen) atoms. The molecule has 0 saturated heterocycles. The minimum absolute atomic E-state index is 0.653. The Morgan fingerprint density at radius 2 is 1.02 bits per heavy atom. The lowest BCUT2D eigenvalue weighted by atomic mass is 10.1. The second kappa shape index (κ2) is 10.9. The second-order valence-electron chi connectivity index (χ2n) is 12.8. The van der Waals surface area contributed by atoms with Crippen LogP contribution in [0.1, 0.15) is 0 Å². The number of hydrogen-bond donors (Lipinski definition) is 0. The van der Waals surface area contributed by atoms with Gasteiger partial charge in [0, 0.05) is 64.1 Å². The highest BCUT2D eigenvalue weighted by Gasteiger charge is 2.19. The summed E-state index contributed by atoms with van der Waals surface area (Å²) in [7, 11) is 0. The van der Waals surface area contributed by atoms with Gasteiger partial charge in [-0.25, -0.2) is 15.0 Å². The van der Waals surface area contributed by atoms with E-state index in [0.29, 0.717) is 17.5 Å². The Bertz CT molecular complexity index is 3030. The number of nitrogens with zero attached hydrogens (tertiary/aromatic N) is 4. The van der Waals surface area contributed by atoms with Crippen LogP contribution in [0.3, 0.4) is 0 Å². The number of benzene rings is 7. The van der Waals surface area contributed by atoms with Crippen LogP contribution < -0.4 is 0 Å². The maximum absolute atomic E-state index is 6.53. The number of fused-ring (bicyclic) bond motifs is 9. The summed E-state index contributed by atoms with van der Waals surface area (Å²) < 4.78 is 11.2. The monoisotopic (exact) mass is 670 g/mol. The quantitative estimate of drug-likeness (QED) is 0.187. The van der Waals surface area contributed by atoms with E-state index in [1.807, 2.05) is 60.7 Å². The molecule has 11 rings (SSSR count). The van der Waals surface area contributed by atoms with Crippen molar-refractivity contribution < 1.29 is 4.42 Å². The highest BCUT2D eigenvalue weighted by atomic mass is 32.1. The lowest BCUT2D eigenvalue weighted by molar-refractivity contribution is 0.669. The molecule has 11 aromatic rings. The summed E-state index contributed by atoms with van der Waals surface area (Å²) in [6, 6.07) is 54.9. The summed E-state index contributed by atoms with van der Waals surface area (Å²) in [6.45, 7) is 0. The second-order valence-corrected chi connectivity index (χ2v) is 13.9. The molecular weight excluding hydrogens is 645 g/mol. The first-order valence-electron chi connectivity index (χ1n) is 16.9. The molecule has 4 heterocycles. The fourth-order valence-corrected chi connectivity index (χ4v) is 8.73. The highest BCUT2D eigenvalue weighted by molar-refractivity contribution is 7.26. The van der Waals surface area contributed by atoms with Gasteiger partial charge in [-0.05, 0) is 48.5 Å². The van der Waals surface area contributed by atoms with Crippen molar-refractivity contribution in [1.29, 1.82) is 0 Å². The van der Waals surface area contributed by atoms with Gasteiger partial charge in [-0.2, -0.15) is 0 Å². The van der Waals surface area contributed by atoms with Crippen LogP contribution in [0.4, 0.5) is 0 Å². The first-order valence-corrected chi connectivity index (χ1v) is 17.8. The Kier molecular flexibility index (Phi) is 6.05. The molecule has 0 fully saturated rings. The Morgan fingerprint density at radius 1 is 0.431 bits per heavy atom. The van der Waals surface area contributed by atoms with E-state index in [2.05, 4.69) is 102 Å². The third-order valence-electron chi connectivity index (χ3n) is 9.85. The maximum atomic E-state index is 6.53. The zero-order chi connectivity index (χ0) is 33.5. The van der Waals surface area contributed by atoms with E-state index in [1.165, 1.54) is 26.5 Å². The standard InChI is InChI=1S/C45H26N4OS/c1-3-12-27(13-4-1)43-46-44(28-14-5-2-6-15-28)48-45(47-43)33-19-11-18-32-36-25-40-35(26-41(36)51-42(32)33)34-24-29(22-23-39(34)50-40)49-37-20-9-7-16-30(37)31-17-8-10-21-38(31)49/h1-26H. The van der Waals surface area contributed by atoms with Crippen molar-refractivity contribution in [1.82, 2.24) is 19.5 Å². The molecule has 238 valence electrons. The minimum atomic E-state index is 0.653. The van der Waals surface area contributed by atoms with Gasteiger partial charge in [-0.15, -0.1) is 11.3 Å². The number of thiophene rings is 1. The first-order chi connectivity index (χ1) is 25.3. The lowest BCUT2D eigenvalue weighted by Crippen LogP contribution is -2.00. The third kappa shape index (κ3) is 4.37. The van der Waals surface area contributed by atoms with E-state index < -0.39 is 0 Å². The van der Waals surface area contributed by atoms with Gasteiger partial charge in [-0.1, -0.05) is 109 Å². The average Bonchev–Trinajstić information content (AvgIpc) is 3.86. The fraction of sp³-hybridized carbons (Fsp3) is 0. The van der Waals surface area contributed by atoms with Crippen molar-refractivity contribution in [3.05, 3.63) is 158 Å². The average molecular weight is 671 g/mol. The minimum Gasteiger partial charge on any atom is -0.456 e. The van der Waals surface area contributed by atoms with Crippen LogP contribution in [0.25, 0.3) is 104 Å². The van der Waals surface area contributed by atoms with Crippen LogP contribution in [0, 0.1) is 0 Å². The Morgan fingerprint density at radius 3 is 1.71 bits per heavy atom. The molecule has 0 amide bonds. The number of para-hydroxylation sites is 2. The van der Waals surface area contributed by atoms with Gasteiger partial charge in [-0.3, -0.25) is 0 Å². The normalized spacial score (nSPS) is 11.9. The van der Waals surface area contributed by atoms with E-state index in [9.17, 15) is 0 Å². The SMILES string of the molecule is c1ccc(-c2nc(-c3ccccc3)nc(-c3cccc4c3sc3cc5c(cc34)oc3ccc(-n4c6ccccc6c6ccccc64)cc35)n2)cc1. The van der Waals surface area contributed by atoms with Crippen molar-refractivity contribution in [2.75, 3.05) is 0 Å². The van der Waals surface area contributed by atoms with E-state index in [1.54, 1.807) is 11.3 Å². The summed E-state index contributed by atoms with van der Waals surface area (Å²) in [5.41, 5.74) is 8.14. The van der Waals surface area contributed by atoms with Gasteiger partial charge in [0.2, 0.25) is 0 Å². The fourth-order valence-electron chi connectivity index (χ4n) is 7.50. The highest BCUT2D eigenvalue weighted by Crippen LogP contribution is 2.43. The van der Waals surface area contributed by atoms with E-state index in [-0.39, 0.29) is 0 Å². The predicted molar refractivity (Wildman–Crippen MR) is 211 cm³/mol. The summed E-state index contributed by atoms with van der Waals surface area (Å²) in [6.07, 6.45) is 0. The molecule has 0 atom stereocenters.